The lowest BCUT2D eigenvalue weighted by Crippen LogP contribution is -2.09. The van der Waals surface area contributed by atoms with Crippen molar-refractivity contribution in [1.82, 2.24) is 4.57 Å². The number of hydrogen-bond acceptors (Lipinski definition) is 3. The third-order valence-corrected chi connectivity index (χ3v) is 5.99. The molecular weight excluding hydrogens is 333 g/mol. The summed E-state index contributed by atoms with van der Waals surface area (Å²) in [6, 6.07) is 10.7. The van der Waals surface area contributed by atoms with E-state index in [1.807, 2.05) is 13.8 Å². The van der Waals surface area contributed by atoms with Crippen LogP contribution in [0.15, 0.2) is 42.6 Å². The van der Waals surface area contributed by atoms with E-state index in [4.69, 9.17) is 13.8 Å². The van der Waals surface area contributed by atoms with Crippen molar-refractivity contribution < 1.29 is 13.8 Å². The molecule has 1 aliphatic rings. The van der Waals surface area contributed by atoms with Gasteiger partial charge in [-0.15, -0.1) is 0 Å². The van der Waals surface area contributed by atoms with Crippen LogP contribution in [0.1, 0.15) is 43.2 Å². The van der Waals surface area contributed by atoms with Crippen molar-refractivity contribution in [1.29, 1.82) is 0 Å². The zero-order valence-electron chi connectivity index (χ0n) is 15.1. The van der Waals surface area contributed by atoms with Crippen molar-refractivity contribution in [3.8, 4) is 0 Å². The highest BCUT2D eigenvalue weighted by molar-refractivity contribution is 7.56. The Hall–Kier alpha value is -1.45. The third-order valence-electron chi connectivity index (χ3n) is 4.29. The van der Waals surface area contributed by atoms with Crippen LogP contribution in [0.3, 0.4) is 0 Å². The molecule has 1 aromatic carbocycles. The van der Waals surface area contributed by atoms with Crippen molar-refractivity contribution >= 4 is 19.8 Å². The number of aromatic nitrogens is 1. The van der Waals surface area contributed by atoms with E-state index in [1.165, 1.54) is 16.8 Å². The Morgan fingerprint density at radius 3 is 2.44 bits per heavy atom. The number of methoxy groups -OCH3 is 1. The van der Waals surface area contributed by atoms with Gasteiger partial charge in [0.1, 0.15) is 0 Å². The predicted octanol–water partition coefficient (Wildman–Crippen LogP) is 4.65. The lowest BCUT2D eigenvalue weighted by atomic mass is 10.0. The number of hydrogen-bond donors (Lipinski definition) is 0. The second kappa shape index (κ2) is 8.77. The van der Waals surface area contributed by atoms with E-state index >= 15 is 0 Å². The number of benzene rings is 1. The number of ether oxygens (including phenoxy) is 1. The Kier molecular flexibility index (Phi) is 6.44. The Morgan fingerprint density at radius 1 is 1.08 bits per heavy atom. The second-order valence-electron chi connectivity index (χ2n) is 5.91. The molecule has 0 N–H and O–H groups in total. The van der Waals surface area contributed by atoms with E-state index in [0.29, 0.717) is 13.2 Å². The van der Waals surface area contributed by atoms with Gasteiger partial charge in [0.15, 0.2) is 0 Å². The molecule has 134 valence electrons. The maximum Gasteiger partial charge on any atom is 0.205 e. The van der Waals surface area contributed by atoms with Crippen molar-refractivity contribution in [2.45, 2.75) is 32.9 Å². The third kappa shape index (κ3) is 4.21. The molecular formula is C20H26NO3P. The molecule has 2 aromatic rings. The predicted molar refractivity (Wildman–Crippen MR) is 103 cm³/mol. The maximum atomic E-state index is 5.73. The molecule has 0 bridgehead atoms. The van der Waals surface area contributed by atoms with Crippen LogP contribution < -0.4 is 5.30 Å². The first-order valence-corrected chi connectivity index (χ1v) is 9.97. The largest absolute Gasteiger partial charge is 0.376 e. The molecule has 0 radical (unpaired) electrons. The van der Waals surface area contributed by atoms with Crippen molar-refractivity contribution in [2.75, 3.05) is 20.3 Å². The highest BCUT2D eigenvalue weighted by Gasteiger charge is 2.19. The van der Waals surface area contributed by atoms with Gasteiger partial charge >= 0.3 is 0 Å². The van der Waals surface area contributed by atoms with E-state index in [-0.39, 0.29) is 6.10 Å². The number of nitrogens with zero attached hydrogens (tertiary/aromatic N) is 1. The van der Waals surface area contributed by atoms with E-state index in [1.54, 1.807) is 7.11 Å². The highest BCUT2D eigenvalue weighted by atomic mass is 31.2. The average molecular weight is 359 g/mol. The van der Waals surface area contributed by atoms with E-state index < -0.39 is 8.38 Å². The van der Waals surface area contributed by atoms with Crippen LogP contribution in [0, 0.1) is 0 Å². The molecule has 3 rings (SSSR count). The summed E-state index contributed by atoms with van der Waals surface area (Å²) in [4.78, 5) is 0. The average Bonchev–Trinajstić information content (AvgIpc) is 3.05. The first-order chi connectivity index (χ1) is 12.3. The quantitative estimate of drug-likeness (QED) is 0.643. The fourth-order valence-corrected chi connectivity index (χ4v) is 4.33. The number of rotatable bonds is 8. The highest BCUT2D eigenvalue weighted by Crippen LogP contribution is 2.37. The molecule has 0 spiro atoms. The van der Waals surface area contributed by atoms with Gasteiger partial charge in [-0.1, -0.05) is 18.2 Å². The summed E-state index contributed by atoms with van der Waals surface area (Å²) in [6.07, 6.45) is 7.65. The van der Waals surface area contributed by atoms with E-state index in [0.717, 1.165) is 18.3 Å². The summed E-state index contributed by atoms with van der Waals surface area (Å²) in [5.74, 6) is 0. The van der Waals surface area contributed by atoms with Gasteiger partial charge in [-0.25, -0.2) is 0 Å². The van der Waals surface area contributed by atoms with Crippen LogP contribution in [0.5, 0.6) is 0 Å². The van der Waals surface area contributed by atoms with Gasteiger partial charge in [0, 0.05) is 36.4 Å². The number of fused-ring (bicyclic) bond motifs is 1. The van der Waals surface area contributed by atoms with Crippen molar-refractivity contribution in [3.63, 3.8) is 0 Å². The fraction of sp³-hybridized carbons (Fsp3) is 0.400. The Bertz CT molecular complexity index is 702. The van der Waals surface area contributed by atoms with E-state index in [2.05, 4.69) is 53.2 Å². The molecule has 1 aromatic heterocycles. The Labute approximate surface area is 151 Å². The normalized spacial score (nSPS) is 16.4. The summed E-state index contributed by atoms with van der Waals surface area (Å²) < 4.78 is 19.3. The molecule has 0 aliphatic heterocycles. The second-order valence-corrected chi connectivity index (χ2v) is 7.45. The minimum Gasteiger partial charge on any atom is -0.376 e. The van der Waals surface area contributed by atoms with Gasteiger partial charge in [-0.3, -0.25) is 0 Å². The first kappa shape index (κ1) is 18.3. The molecule has 5 heteroatoms. The molecule has 0 saturated heterocycles. The summed E-state index contributed by atoms with van der Waals surface area (Å²) in [5, 5.41) is 1.12. The molecule has 0 fully saturated rings. The molecule has 25 heavy (non-hydrogen) atoms. The van der Waals surface area contributed by atoms with E-state index in [9.17, 15) is 0 Å². The summed E-state index contributed by atoms with van der Waals surface area (Å²) in [5.41, 5.74) is 3.78. The van der Waals surface area contributed by atoms with Gasteiger partial charge in [0.25, 0.3) is 0 Å². The van der Waals surface area contributed by atoms with Crippen molar-refractivity contribution in [3.05, 3.63) is 59.4 Å². The monoisotopic (exact) mass is 359 g/mol. The van der Waals surface area contributed by atoms with Crippen LogP contribution in [0.4, 0.5) is 0 Å². The zero-order chi connectivity index (χ0) is 17.6. The molecule has 1 heterocycles. The minimum absolute atomic E-state index is 0.171. The fourth-order valence-electron chi connectivity index (χ4n) is 3.10. The summed E-state index contributed by atoms with van der Waals surface area (Å²) >= 11 is 0. The Balaban J connectivity index is 1.74. The molecule has 0 saturated carbocycles. The molecule has 0 amide bonds. The van der Waals surface area contributed by atoms with Crippen LogP contribution >= 0.6 is 8.38 Å². The van der Waals surface area contributed by atoms with Gasteiger partial charge in [0.05, 0.1) is 19.3 Å². The van der Waals surface area contributed by atoms with Gasteiger partial charge in [-0.05, 0) is 50.1 Å². The SMILES string of the molecule is CCOP(OCC)c1ccc(Cn2ccc3c2C=CCC3OC)cc1. The molecule has 4 nitrogen and oxygen atoms in total. The maximum absolute atomic E-state index is 5.73. The van der Waals surface area contributed by atoms with Crippen LogP contribution in [0.25, 0.3) is 6.08 Å². The standard InChI is InChI=1S/C20H26NO3P/c1-4-23-25(24-5-2)17-11-9-16(10-12-17)15-21-14-13-18-19(21)7-6-8-20(18)22-3/h6-7,9-14,20H,4-5,8,15H2,1-3H3. The summed E-state index contributed by atoms with van der Waals surface area (Å²) in [7, 11) is 0.807. The molecule has 1 unspecified atom stereocenters. The molecule has 1 atom stereocenters. The van der Waals surface area contributed by atoms with Crippen molar-refractivity contribution in [2.24, 2.45) is 0 Å². The lowest BCUT2D eigenvalue weighted by molar-refractivity contribution is 0.105. The lowest BCUT2D eigenvalue weighted by Gasteiger charge is -2.19. The van der Waals surface area contributed by atoms with Crippen LogP contribution in [-0.2, 0) is 20.3 Å². The van der Waals surface area contributed by atoms with Crippen LogP contribution in [-0.4, -0.2) is 24.9 Å². The first-order valence-electron chi connectivity index (χ1n) is 8.80. The smallest absolute Gasteiger partial charge is 0.205 e. The summed E-state index contributed by atoms with van der Waals surface area (Å²) in [6.45, 7) is 6.17. The minimum atomic E-state index is -0.969. The van der Waals surface area contributed by atoms with Crippen LogP contribution in [0.2, 0.25) is 0 Å². The topological polar surface area (TPSA) is 32.6 Å². The van der Waals surface area contributed by atoms with Gasteiger partial charge in [0.2, 0.25) is 8.38 Å². The Morgan fingerprint density at radius 2 is 1.80 bits per heavy atom. The zero-order valence-corrected chi connectivity index (χ0v) is 16.0. The van der Waals surface area contributed by atoms with Gasteiger partial charge in [-0.2, -0.15) is 0 Å². The molecule has 1 aliphatic carbocycles. The van der Waals surface area contributed by atoms with Gasteiger partial charge < -0.3 is 18.4 Å².